The van der Waals surface area contributed by atoms with Gasteiger partial charge in [0.05, 0.1) is 6.04 Å². The molecule has 2 saturated heterocycles. The van der Waals surface area contributed by atoms with Crippen molar-refractivity contribution in [3.8, 4) is 0 Å². The third kappa shape index (κ3) is 3.60. The third-order valence-corrected chi connectivity index (χ3v) is 3.94. The summed E-state index contributed by atoms with van der Waals surface area (Å²) in [4.78, 5) is 16.6. The first kappa shape index (κ1) is 14.6. The molecular formula is C14H27N3O2. The second-order valence-electron chi connectivity index (χ2n) is 6.67. The van der Waals surface area contributed by atoms with E-state index in [0.717, 1.165) is 19.6 Å². The summed E-state index contributed by atoms with van der Waals surface area (Å²) in [7, 11) is 0. The molecule has 2 fully saturated rings. The average molecular weight is 269 g/mol. The number of amides is 1. The highest BCUT2D eigenvalue weighted by Crippen LogP contribution is 2.25. The summed E-state index contributed by atoms with van der Waals surface area (Å²) < 4.78 is 5.50. The van der Waals surface area contributed by atoms with Crippen LogP contribution in [-0.4, -0.2) is 59.8 Å². The lowest BCUT2D eigenvalue weighted by Crippen LogP contribution is -2.63. The van der Waals surface area contributed by atoms with E-state index in [1.165, 1.54) is 19.3 Å². The Morgan fingerprint density at radius 3 is 2.68 bits per heavy atom. The minimum atomic E-state index is -0.445. The van der Waals surface area contributed by atoms with Crippen molar-refractivity contribution in [2.75, 3.05) is 26.2 Å². The van der Waals surface area contributed by atoms with Crippen molar-refractivity contribution in [3.63, 3.8) is 0 Å². The minimum Gasteiger partial charge on any atom is -0.444 e. The van der Waals surface area contributed by atoms with Crippen molar-refractivity contribution in [3.05, 3.63) is 0 Å². The molecule has 0 bridgehead atoms. The van der Waals surface area contributed by atoms with Gasteiger partial charge in [-0.25, -0.2) is 4.79 Å². The van der Waals surface area contributed by atoms with Crippen LogP contribution in [0.2, 0.25) is 0 Å². The van der Waals surface area contributed by atoms with E-state index in [1.54, 1.807) is 0 Å². The van der Waals surface area contributed by atoms with Crippen LogP contribution in [0, 0.1) is 0 Å². The van der Waals surface area contributed by atoms with Gasteiger partial charge < -0.3 is 15.4 Å². The highest BCUT2D eigenvalue weighted by Gasteiger charge is 2.38. The molecule has 2 N–H and O–H groups in total. The monoisotopic (exact) mass is 269 g/mol. The minimum absolute atomic E-state index is 0.0872. The maximum Gasteiger partial charge on any atom is 0.410 e. The molecule has 0 unspecified atom stereocenters. The molecular weight excluding hydrogens is 242 g/mol. The molecule has 0 saturated carbocycles. The van der Waals surface area contributed by atoms with Crippen LogP contribution in [-0.2, 0) is 4.74 Å². The summed E-state index contributed by atoms with van der Waals surface area (Å²) >= 11 is 0. The molecule has 5 heteroatoms. The molecule has 0 radical (unpaired) electrons. The fourth-order valence-corrected chi connectivity index (χ4v) is 3.00. The van der Waals surface area contributed by atoms with Gasteiger partial charge in [0.2, 0.25) is 0 Å². The van der Waals surface area contributed by atoms with Gasteiger partial charge in [-0.3, -0.25) is 4.90 Å². The van der Waals surface area contributed by atoms with Crippen molar-refractivity contribution in [1.29, 1.82) is 0 Å². The van der Waals surface area contributed by atoms with E-state index >= 15 is 0 Å². The van der Waals surface area contributed by atoms with Gasteiger partial charge in [-0.15, -0.1) is 0 Å². The Balaban J connectivity index is 2.03. The molecule has 2 aliphatic heterocycles. The average Bonchev–Trinajstić information content (AvgIpc) is 2.35. The maximum atomic E-state index is 12.3. The number of piperazine rings is 1. The van der Waals surface area contributed by atoms with E-state index in [1.807, 2.05) is 25.7 Å². The second-order valence-corrected chi connectivity index (χ2v) is 6.67. The van der Waals surface area contributed by atoms with E-state index < -0.39 is 5.60 Å². The summed E-state index contributed by atoms with van der Waals surface area (Å²) in [6.45, 7) is 9.00. The van der Waals surface area contributed by atoms with Gasteiger partial charge in [0, 0.05) is 25.7 Å². The normalized spacial score (nSPS) is 28.9. The number of carbonyl (C=O) groups is 1. The number of ether oxygens (including phenoxy) is 1. The number of nitrogens with zero attached hydrogens (tertiary/aromatic N) is 2. The Labute approximate surface area is 116 Å². The summed E-state index contributed by atoms with van der Waals surface area (Å²) in [5.41, 5.74) is 5.40. The molecule has 5 nitrogen and oxygen atoms in total. The molecule has 0 spiro atoms. The molecule has 2 atom stereocenters. The van der Waals surface area contributed by atoms with Gasteiger partial charge in [-0.05, 0) is 40.2 Å². The predicted octanol–water partition coefficient (Wildman–Crippen LogP) is 1.42. The van der Waals surface area contributed by atoms with Crippen LogP contribution in [0.25, 0.3) is 0 Å². The number of piperidine rings is 1. The Kier molecular flexibility index (Phi) is 4.36. The number of rotatable bonds is 1. The summed E-state index contributed by atoms with van der Waals surface area (Å²) in [5, 5.41) is 0. The molecule has 2 heterocycles. The predicted molar refractivity (Wildman–Crippen MR) is 75.0 cm³/mol. The highest BCUT2D eigenvalue weighted by molar-refractivity contribution is 5.69. The van der Waals surface area contributed by atoms with Crippen LogP contribution in [0.4, 0.5) is 4.79 Å². The van der Waals surface area contributed by atoms with E-state index in [0.29, 0.717) is 12.6 Å². The lowest BCUT2D eigenvalue weighted by molar-refractivity contribution is -0.0217. The van der Waals surface area contributed by atoms with E-state index in [4.69, 9.17) is 10.5 Å². The van der Waals surface area contributed by atoms with Gasteiger partial charge in [-0.1, -0.05) is 6.42 Å². The zero-order chi connectivity index (χ0) is 14.0. The second kappa shape index (κ2) is 5.67. The lowest BCUT2D eigenvalue weighted by atomic mass is 9.97. The van der Waals surface area contributed by atoms with Crippen LogP contribution < -0.4 is 5.73 Å². The Hall–Kier alpha value is -0.810. The van der Waals surface area contributed by atoms with Crippen LogP contribution in [0.5, 0.6) is 0 Å². The number of carbonyl (C=O) groups excluding carboxylic acids is 1. The lowest BCUT2D eigenvalue weighted by Gasteiger charge is -2.48. The van der Waals surface area contributed by atoms with E-state index in [9.17, 15) is 4.79 Å². The van der Waals surface area contributed by atoms with Crippen molar-refractivity contribution < 1.29 is 9.53 Å². The number of hydrogen-bond donors (Lipinski definition) is 1. The summed E-state index contributed by atoms with van der Waals surface area (Å²) in [5.74, 6) is 0. The van der Waals surface area contributed by atoms with Crippen molar-refractivity contribution in [1.82, 2.24) is 9.80 Å². The van der Waals surface area contributed by atoms with Crippen LogP contribution in [0.3, 0.4) is 0 Å². The van der Waals surface area contributed by atoms with Gasteiger partial charge >= 0.3 is 6.09 Å². The van der Waals surface area contributed by atoms with E-state index in [2.05, 4.69) is 4.90 Å². The molecule has 2 aliphatic rings. The van der Waals surface area contributed by atoms with Gasteiger partial charge in [-0.2, -0.15) is 0 Å². The van der Waals surface area contributed by atoms with Gasteiger partial charge in [0.25, 0.3) is 0 Å². The van der Waals surface area contributed by atoms with Crippen molar-refractivity contribution >= 4 is 6.09 Å². The quantitative estimate of drug-likeness (QED) is 0.782. The molecule has 110 valence electrons. The Morgan fingerprint density at radius 1 is 1.32 bits per heavy atom. The van der Waals surface area contributed by atoms with Crippen molar-refractivity contribution in [2.45, 2.75) is 57.7 Å². The summed E-state index contributed by atoms with van der Waals surface area (Å²) in [6, 6.07) is 0.577. The molecule has 0 aromatic heterocycles. The smallest absolute Gasteiger partial charge is 0.410 e. The maximum absolute atomic E-state index is 12.3. The van der Waals surface area contributed by atoms with Crippen LogP contribution in [0.1, 0.15) is 40.0 Å². The molecule has 0 aromatic carbocycles. The van der Waals surface area contributed by atoms with Crippen LogP contribution >= 0.6 is 0 Å². The fourth-order valence-electron chi connectivity index (χ4n) is 3.00. The fraction of sp³-hybridized carbons (Fsp3) is 0.929. The van der Waals surface area contributed by atoms with Gasteiger partial charge in [0.15, 0.2) is 0 Å². The first-order chi connectivity index (χ1) is 8.90. The summed E-state index contributed by atoms with van der Waals surface area (Å²) in [6.07, 6.45) is 3.49. The first-order valence-corrected chi connectivity index (χ1v) is 7.34. The molecule has 19 heavy (non-hydrogen) atoms. The third-order valence-electron chi connectivity index (χ3n) is 3.94. The van der Waals surface area contributed by atoms with Crippen LogP contribution in [0.15, 0.2) is 0 Å². The number of nitrogens with two attached hydrogens (primary N) is 1. The highest BCUT2D eigenvalue weighted by atomic mass is 16.6. The molecule has 2 rings (SSSR count). The largest absolute Gasteiger partial charge is 0.444 e. The molecule has 1 amide bonds. The SMILES string of the molecule is CC(C)(C)OC(=O)N1C[C@H]2CCCCN2C[C@H]1CN. The number of fused-ring (bicyclic) bond motifs is 1. The standard InChI is InChI=1S/C14H27N3O2/c1-14(2,3)19-13(18)17-10-11-6-4-5-7-16(11)9-12(17)8-15/h11-12H,4-10,15H2,1-3H3/t11-,12-/m1/s1. The molecule has 0 aliphatic carbocycles. The van der Waals surface area contributed by atoms with E-state index in [-0.39, 0.29) is 12.1 Å². The zero-order valence-corrected chi connectivity index (χ0v) is 12.4. The zero-order valence-electron chi connectivity index (χ0n) is 12.4. The first-order valence-electron chi connectivity index (χ1n) is 7.34. The Morgan fingerprint density at radius 2 is 2.05 bits per heavy atom. The molecule has 0 aromatic rings. The topological polar surface area (TPSA) is 58.8 Å². The number of hydrogen-bond acceptors (Lipinski definition) is 4. The van der Waals surface area contributed by atoms with Crippen molar-refractivity contribution in [2.24, 2.45) is 5.73 Å². The van der Waals surface area contributed by atoms with Gasteiger partial charge in [0.1, 0.15) is 5.60 Å². The Bertz CT molecular complexity index is 327.